The van der Waals surface area contributed by atoms with Gasteiger partial charge in [0.15, 0.2) is 0 Å². The zero-order valence-electron chi connectivity index (χ0n) is 6.58. The molecule has 0 aliphatic carbocycles. The molecule has 3 heteroatoms. The van der Waals surface area contributed by atoms with E-state index in [4.69, 9.17) is 7.85 Å². The van der Waals surface area contributed by atoms with Gasteiger partial charge in [0.1, 0.15) is 14.1 Å². The molecule has 1 aromatic rings. The summed E-state index contributed by atoms with van der Waals surface area (Å²) in [5.74, 6) is -0.0245. The Hall–Kier alpha value is -1.25. The predicted octanol–water partition coefficient (Wildman–Crippen LogP) is 0.188. The average Bonchev–Trinajstić information content (AvgIpc) is 2.46. The number of hydrogen-bond donors (Lipinski definition) is 1. The molecular weight excluding hydrogens is 149 g/mol. The summed E-state index contributed by atoms with van der Waals surface area (Å²) < 4.78 is 0. The quantitative estimate of drug-likeness (QED) is 0.465. The Balaban J connectivity index is 2.49. The molecule has 1 atom stereocenters. The summed E-state index contributed by atoms with van der Waals surface area (Å²) in [5, 5.41) is 3.14. The predicted molar refractivity (Wildman–Crippen MR) is 49.1 cm³/mol. The number of hydrogen-bond acceptors (Lipinski definition) is 2. The number of nitrogens with one attached hydrogen (secondary N) is 1. The lowest BCUT2D eigenvalue weighted by Crippen LogP contribution is -2.05. The Kier molecular flexibility index (Phi) is 1.64. The van der Waals surface area contributed by atoms with Crippen LogP contribution in [0.2, 0.25) is 0 Å². The minimum absolute atomic E-state index is 0.0245. The Morgan fingerprint density at radius 1 is 1.58 bits per heavy atom. The first-order valence-corrected chi connectivity index (χ1v) is 3.90. The zero-order chi connectivity index (χ0) is 8.55. The third-order valence-electron chi connectivity index (χ3n) is 2.15. The molecule has 1 aliphatic rings. The second-order valence-electron chi connectivity index (χ2n) is 2.97. The van der Waals surface area contributed by atoms with Crippen LogP contribution in [0.3, 0.4) is 0 Å². The molecule has 0 bridgehead atoms. The molecule has 2 rings (SSSR count). The van der Waals surface area contributed by atoms with Crippen molar-refractivity contribution in [2.75, 3.05) is 11.9 Å². The van der Waals surface area contributed by atoms with E-state index in [9.17, 15) is 4.79 Å². The number of anilines is 1. The van der Waals surface area contributed by atoms with Crippen LogP contribution >= 0.6 is 0 Å². The zero-order valence-corrected chi connectivity index (χ0v) is 6.58. The maximum atomic E-state index is 10.6. The van der Waals surface area contributed by atoms with Gasteiger partial charge in [-0.15, -0.1) is 0 Å². The number of benzene rings is 1. The van der Waals surface area contributed by atoms with Crippen molar-refractivity contribution in [2.45, 2.75) is 5.92 Å². The van der Waals surface area contributed by atoms with Crippen LogP contribution in [0, 0.1) is 0 Å². The number of aldehydes is 1. The van der Waals surface area contributed by atoms with Crippen molar-refractivity contribution >= 4 is 25.3 Å². The van der Waals surface area contributed by atoms with Gasteiger partial charge in [0.2, 0.25) is 0 Å². The molecule has 1 aromatic carbocycles. The van der Waals surface area contributed by atoms with Gasteiger partial charge in [0, 0.05) is 12.2 Å². The number of carbonyl (C=O) groups excluding carboxylic acids is 1. The molecule has 2 nitrogen and oxygen atoms in total. The van der Waals surface area contributed by atoms with E-state index in [0.717, 1.165) is 17.5 Å². The fourth-order valence-electron chi connectivity index (χ4n) is 1.50. The van der Waals surface area contributed by atoms with E-state index < -0.39 is 0 Å². The van der Waals surface area contributed by atoms with Crippen molar-refractivity contribution in [3.63, 3.8) is 0 Å². The highest BCUT2D eigenvalue weighted by Crippen LogP contribution is 2.28. The molecule has 1 N–H and O–H groups in total. The van der Waals surface area contributed by atoms with Gasteiger partial charge < -0.3 is 10.1 Å². The number of fused-ring (bicyclic) bond motifs is 1. The summed E-state index contributed by atoms with van der Waals surface area (Å²) >= 11 is 0. The van der Waals surface area contributed by atoms with Crippen molar-refractivity contribution in [2.24, 2.45) is 0 Å². The van der Waals surface area contributed by atoms with E-state index in [1.807, 2.05) is 18.2 Å². The van der Waals surface area contributed by atoms with E-state index in [1.165, 1.54) is 0 Å². The molecule has 0 fully saturated rings. The smallest absolute Gasteiger partial charge is 0.129 e. The Morgan fingerprint density at radius 3 is 3.17 bits per heavy atom. The molecular formula is C9H8BNO. The van der Waals surface area contributed by atoms with Gasteiger partial charge in [-0.2, -0.15) is 0 Å². The summed E-state index contributed by atoms with van der Waals surface area (Å²) in [5.41, 5.74) is 2.76. The number of rotatable bonds is 1. The minimum atomic E-state index is -0.0245. The van der Waals surface area contributed by atoms with Crippen LogP contribution in [0.4, 0.5) is 5.69 Å². The summed E-state index contributed by atoms with van der Waals surface area (Å²) in [6, 6.07) is 5.60. The third-order valence-corrected chi connectivity index (χ3v) is 2.15. The minimum Gasteiger partial charge on any atom is -0.384 e. The van der Waals surface area contributed by atoms with E-state index in [0.29, 0.717) is 12.0 Å². The third kappa shape index (κ3) is 1.02. The van der Waals surface area contributed by atoms with E-state index >= 15 is 0 Å². The highest BCUT2D eigenvalue weighted by molar-refractivity contribution is 6.32. The molecule has 0 spiro atoms. The molecule has 0 aromatic heterocycles. The molecule has 58 valence electrons. The van der Waals surface area contributed by atoms with Crippen LogP contribution in [-0.2, 0) is 4.79 Å². The molecule has 1 unspecified atom stereocenters. The van der Waals surface area contributed by atoms with Crippen molar-refractivity contribution in [1.82, 2.24) is 0 Å². The standard InChI is InChI=1S/C9H8BNO/c10-7-1-2-9-8(3-7)6(5-12)4-11-9/h1-3,5-6,11H,4H2. The molecule has 1 aliphatic heterocycles. The monoisotopic (exact) mass is 157 g/mol. The van der Waals surface area contributed by atoms with Crippen LogP contribution in [0.1, 0.15) is 11.5 Å². The van der Waals surface area contributed by atoms with Crippen LogP contribution in [0.5, 0.6) is 0 Å². The van der Waals surface area contributed by atoms with Gasteiger partial charge in [0.25, 0.3) is 0 Å². The number of carbonyl (C=O) groups is 1. The van der Waals surface area contributed by atoms with Crippen LogP contribution in [0.25, 0.3) is 0 Å². The van der Waals surface area contributed by atoms with Gasteiger partial charge >= 0.3 is 0 Å². The van der Waals surface area contributed by atoms with Gasteiger partial charge in [-0.3, -0.25) is 0 Å². The average molecular weight is 157 g/mol. The molecule has 12 heavy (non-hydrogen) atoms. The normalized spacial score (nSPS) is 19.8. The lowest BCUT2D eigenvalue weighted by Gasteiger charge is -2.01. The lowest BCUT2D eigenvalue weighted by atomic mass is 9.91. The van der Waals surface area contributed by atoms with E-state index in [-0.39, 0.29) is 5.92 Å². The van der Waals surface area contributed by atoms with Crippen molar-refractivity contribution < 1.29 is 4.79 Å². The molecule has 2 radical (unpaired) electrons. The fraction of sp³-hybridized carbons (Fsp3) is 0.222. The van der Waals surface area contributed by atoms with Gasteiger partial charge in [0.05, 0.1) is 5.92 Å². The van der Waals surface area contributed by atoms with Crippen LogP contribution in [0.15, 0.2) is 18.2 Å². The highest BCUT2D eigenvalue weighted by atomic mass is 16.1. The molecule has 0 amide bonds. The summed E-state index contributed by atoms with van der Waals surface area (Å²) in [7, 11) is 5.60. The first-order chi connectivity index (χ1) is 5.81. The Labute approximate surface area is 72.4 Å². The van der Waals surface area contributed by atoms with Gasteiger partial charge in [-0.05, 0) is 11.6 Å². The fourth-order valence-corrected chi connectivity index (χ4v) is 1.50. The van der Waals surface area contributed by atoms with Gasteiger partial charge in [-0.1, -0.05) is 17.6 Å². The van der Waals surface area contributed by atoms with Crippen molar-refractivity contribution in [3.8, 4) is 0 Å². The summed E-state index contributed by atoms with van der Waals surface area (Å²) in [6.45, 7) is 0.697. The largest absolute Gasteiger partial charge is 0.384 e. The van der Waals surface area contributed by atoms with E-state index in [1.54, 1.807) is 0 Å². The second kappa shape index (κ2) is 2.66. The topological polar surface area (TPSA) is 29.1 Å². The van der Waals surface area contributed by atoms with Crippen LogP contribution in [-0.4, -0.2) is 20.7 Å². The Morgan fingerprint density at radius 2 is 2.42 bits per heavy atom. The molecule has 1 heterocycles. The first kappa shape index (κ1) is 7.41. The van der Waals surface area contributed by atoms with Crippen molar-refractivity contribution in [1.29, 1.82) is 0 Å². The first-order valence-electron chi connectivity index (χ1n) is 3.90. The Bertz CT molecular complexity index is 324. The maximum Gasteiger partial charge on any atom is 0.129 e. The summed E-state index contributed by atoms with van der Waals surface area (Å²) in [6.07, 6.45) is 0.957. The maximum absolute atomic E-state index is 10.6. The van der Waals surface area contributed by atoms with Gasteiger partial charge in [-0.25, -0.2) is 0 Å². The molecule has 0 saturated heterocycles. The van der Waals surface area contributed by atoms with Crippen molar-refractivity contribution in [3.05, 3.63) is 23.8 Å². The summed E-state index contributed by atoms with van der Waals surface area (Å²) in [4.78, 5) is 10.6. The second-order valence-corrected chi connectivity index (χ2v) is 2.97. The highest BCUT2D eigenvalue weighted by Gasteiger charge is 2.20. The lowest BCUT2D eigenvalue weighted by molar-refractivity contribution is -0.108. The van der Waals surface area contributed by atoms with Crippen LogP contribution < -0.4 is 10.8 Å². The molecule has 0 saturated carbocycles. The van der Waals surface area contributed by atoms with E-state index in [2.05, 4.69) is 5.32 Å². The SMILES string of the molecule is [B]c1ccc2c(c1)C(C=O)CN2.